The van der Waals surface area contributed by atoms with Gasteiger partial charge in [0.15, 0.2) is 0 Å². The summed E-state index contributed by atoms with van der Waals surface area (Å²) in [6.07, 6.45) is 4.73. The second-order valence-electron chi connectivity index (χ2n) is 5.58. The predicted octanol–water partition coefficient (Wildman–Crippen LogP) is 1.68. The molecule has 1 aromatic rings. The van der Waals surface area contributed by atoms with Crippen LogP contribution in [0.3, 0.4) is 0 Å². The molecular weight excluding hydrogens is 278 g/mol. The van der Waals surface area contributed by atoms with Crippen molar-refractivity contribution in [1.82, 2.24) is 4.90 Å². The lowest BCUT2D eigenvalue weighted by Crippen LogP contribution is -2.48. The number of amides is 2. The number of carbonyl (C=O) groups excluding carboxylic acids is 2. The van der Waals surface area contributed by atoms with E-state index in [1.54, 1.807) is 35.2 Å². The third-order valence-corrected chi connectivity index (χ3v) is 4.03. The fourth-order valence-electron chi connectivity index (χ4n) is 2.58. The maximum absolute atomic E-state index is 12.3. The quantitative estimate of drug-likeness (QED) is 0.861. The first-order chi connectivity index (χ1) is 10.5. The molecule has 2 atom stereocenters. The van der Waals surface area contributed by atoms with Gasteiger partial charge in [0.2, 0.25) is 11.8 Å². The molecule has 1 saturated heterocycles. The van der Waals surface area contributed by atoms with Gasteiger partial charge in [-0.25, -0.2) is 0 Å². The number of benzene rings is 1. The minimum absolute atomic E-state index is 0.105. The van der Waals surface area contributed by atoms with Gasteiger partial charge in [-0.1, -0.05) is 12.1 Å². The lowest BCUT2D eigenvalue weighted by atomic mass is 9.93. The number of carbonyl (C=O) groups is 2. The van der Waals surface area contributed by atoms with Crippen molar-refractivity contribution in [2.24, 2.45) is 11.7 Å². The van der Waals surface area contributed by atoms with Gasteiger partial charge in [-0.2, -0.15) is 5.26 Å². The molecule has 0 aromatic heterocycles. The molecule has 0 bridgehead atoms. The SMILES string of the molecule is CC1CCC(C(N)=O)CN1C(=O)/C=C/c1ccc(C#N)cc1. The summed E-state index contributed by atoms with van der Waals surface area (Å²) in [5.41, 5.74) is 6.78. The molecule has 0 aliphatic carbocycles. The molecule has 1 aliphatic rings. The molecule has 5 nitrogen and oxygen atoms in total. The Hall–Kier alpha value is -2.61. The summed E-state index contributed by atoms with van der Waals surface area (Å²) >= 11 is 0. The van der Waals surface area contributed by atoms with Crippen LogP contribution in [0.25, 0.3) is 6.08 Å². The summed E-state index contributed by atoms with van der Waals surface area (Å²) in [7, 11) is 0. The Bertz CT molecular complexity index is 628. The molecule has 5 heteroatoms. The van der Waals surface area contributed by atoms with Crippen LogP contribution >= 0.6 is 0 Å². The second-order valence-corrected chi connectivity index (χ2v) is 5.58. The van der Waals surface area contributed by atoms with Crippen molar-refractivity contribution in [3.05, 3.63) is 41.5 Å². The fourth-order valence-corrected chi connectivity index (χ4v) is 2.58. The average Bonchev–Trinajstić information content (AvgIpc) is 2.53. The van der Waals surface area contributed by atoms with E-state index in [0.717, 1.165) is 18.4 Å². The summed E-state index contributed by atoms with van der Waals surface area (Å²) in [6, 6.07) is 9.14. The molecule has 1 fully saturated rings. The number of primary amides is 1. The number of likely N-dealkylation sites (tertiary alicyclic amines) is 1. The van der Waals surface area contributed by atoms with Gasteiger partial charge < -0.3 is 10.6 Å². The number of nitrogens with zero attached hydrogens (tertiary/aromatic N) is 2. The van der Waals surface area contributed by atoms with Crippen LogP contribution in [0.1, 0.15) is 30.9 Å². The van der Waals surface area contributed by atoms with Crippen LogP contribution in [0.4, 0.5) is 0 Å². The maximum Gasteiger partial charge on any atom is 0.246 e. The Morgan fingerprint density at radius 2 is 2.00 bits per heavy atom. The van der Waals surface area contributed by atoms with Gasteiger partial charge in [-0.3, -0.25) is 9.59 Å². The van der Waals surface area contributed by atoms with E-state index in [2.05, 4.69) is 0 Å². The van der Waals surface area contributed by atoms with Crippen LogP contribution in [0.5, 0.6) is 0 Å². The molecule has 1 aliphatic heterocycles. The van der Waals surface area contributed by atoms with E-state index >= 15 is 0 Å². The van der Waals surface area contributed by atoms with Crippen molar-refractivity contribution in [2.45, 2.75) is 25.8 Å². The zero-order chi connectivity index (χ0) is 16.1. The Morgan fingerprint density at radius 3 is 2.59 bits per heavy atom. The number of hydrogen-bond donors (Lipinski definition) is 1. The smallest absolute Gasteiger partial charge is 0.246 e. The lowest BCUT2D eigenvalue weighted by Gasteiger charge is -2.36. The van der Waals surface area contributed by atoms with E-state index in [4.69, 9.17) is 11.0 Å². The first-order valence-electron chi connectivity index (χ1n) is 7.29. The Balaban J connectivity index is 2.04. The summed E-state index contributed by atoms with van der Waals surface area (Å²) in [4.78, 5) is 25.3. The lowest BCUT2D eigenvalue weighted by molar-refractivity contribution is -0.133. The molecule has 2 amide bonds. The van der Waals surface area contributed by atoms with E-state index < -0.39 is 0 Å². The molecule has 1 heterocycles. The Morgan fingerprint density at radius 1 is 1.32 bits per heavy atom. The molecule has 0 saturated carbocycles. The minimum atomic E-state index is -0.347. The fraction of sp³-hybridized carbons (Fsp3) is 0.353. The molecule has 1 aromatic carbocycles. The highest BCUT2D eigenvalue weighted by Gasteiger charge is 2.30. The number of piperidine rings is 1. The van der Waals surface area contributed by atoms with E-state index in [0.29, 0.717) is 12.1 Å². The normalized spacial score (nSPS) is 21.5. The molecule has 2 N–H and O–H groups in total. The van der Waals surface area contributed by atoms with E-state index in [-0.39, 0.29) is 23.8 Å². The Labute approximate surface area is 130 Å². The molecule has 2 rings (SSSR count). The van der Waals surface area contributed by atoms with Crippen LogP contribution in [0.15, 0.2) is 30.3 Å². The van der Waals surface area contributed by atoms with Gasteiger partial charge in [0.05, 0.1) is 17.6 Å². The molecule has 2 unspecified atom stereocenters. The average molecular weight is 297 g/mol. The predicted molar refractivity (Wildman–Crippen MR) is 83.3 cm³/mol. The van der Waals surface area contributed by atoms with Gasteiger partial charge in [0.1, 0.15) is 0 Å². The van der Waals surface area contributed by atoms with Crippen molar-refractivity contribution in [2.75, 3.05) is 6.54 Å². The third kappa shape index (κ3) is 3.73. The number of nitrogens with two attached hydrogens (primary N) is 1. The standard InChI is InChI=1S/C17H19N3O2/c1-12-2-8-15(17(19)22)11-20(12)16(21)9-7-13-3-5-14(10-18)6-4-13/h3-7,9,12,15H,2,8,11H2,1H3,(H2,19,22)/b9-7+. The monoisotopic (exact) mass is 297 g/mol. The molecule has 114 valence electrons. The maximum atomic E-state index is 12.3. The van der Waals surface area contributed by atoms with Gasteiger partial charge in [0, 0.05) is 18.7 Å². The molecule has 0 radical (unpaired) electrons. The number of rotatable bonds is 3. The number of hydrogen-bond acceptors (Lipinski definition) is 3. The van der Waals surface area contributed by atoms with Crippen molar-refractivity contribution < 1.29 is 9.59 Å². The third-order valence-electron chi connectivity index (χ3n) is 4.03. The van der Waals surface area contributed by atoms with Crippen LogP contribution in [-0.2, 0) is 9.59 Å². The first-order valence-corrected chi connectivity index (χ1v) is 7.29. The molecule has 22 heavy (non-hydrogen) atoms. The van der Waals surface area contributed by atoms with Crippen molar-refractivity contribution in [3.63, 3.8) is 0 Å². The van der Waals surface area contributed by atoms with Crippen LogP contribution in [0.2, 0.25) is 0 Å². The van der Waals surface area contributed by atoms with Crippen molar-refractivity contribution in [1.29, 1.82) is 5.26 Å². The van der Waals surface area contributed by atoms with Crippen LogP contribution in [-0.4, -0.2) is 29.3 Å². The van der Waals surface area contributed by atoms with Crippen molar-refractivity contribution in [3.8, 4) is 6.07 Å². The highest BCUT2D eigenvalue weighted by atomic mass is 16.2. The summed E-state index contributed by atoms with van der Waals surface area (Å²) in [5, 5.41) is 8.75. The highest BCUT2D eigenvalue weighted by Crippen LogP contribution is 2.22. The zero-order valence-electron chi connectivity index (χ0n) is 12.5. The molecule has 0 spiro atoms. The van der Waals surface area contributed by atoms with E-state index in [9.17, 15) is 9.59 Å². The summed E-state index contributed by atoms with van der Waals surface area (Å²) in [6.45, 7) is 2.36. The largest absolute Gasteiger partial charge is 0.369 e. The van der Waals surface area contributed by atoms with E-state index in [1.807, 2.05) is 13.0 Å². The zero-order valence-corrected chi connectivity index (χ0v) is 12.5. The van der Waals surface area contributed by atoms with Crippen LogP contribution < -0.4 is 5.73 Å². The van der Waals surface area contributed by atoms with Crippen molar-refractivity contribution >= 4 is 17.9 Å². The molecular formula is C17H19N3O2. The van der Waals surface area contributed by atoms with Crippen LogP contribution in [0, 0.1) is 17.2 Å². The summed E-state index contributed by atoms with van der Waals surface area (Å²) in [5.74, 6) is -0.730. The Kier molecular flexibility index (Phi) is 4.95. The minimum Gasteiger partial charge on any atom is -0.369 e. The van der Waals surface area contributed by atoms with Gasteiger partial charge >= 0.3 is 0 Å². The second kappa shape index (κ2) is 6.90. The van der Waals surface area contributed by atoms with Gasteiger partial charge in [0.25, 0.3) is 0 Å². The van der Waals surface area contributed by atoms with Gasteiger partial charge in [-0.05, 0) is 43.5 Å². The highest BCUT2D eigenvalue weighted by molar-refractivity contribution is 5.92. The topological polar surface area (TPSA) is 87.2 Å². The van der Waals surface area contributed by atoms with Gasteiger partial charge in [-0.15, -0.1) is 0 Å². The first kappa shape index (κ1) is 15.8. The number of nitriles is 1. The van der Waals surface area contributed by atoms with E-state index in [1.165, 1.54) is 6.08 Å². The summed E-state index contributed by atoms with van der Waals surface area (Å²) < 4.78 is 0.